The van der Waals surface area contributed by atoms with E-state index in [0.717, 1.165) is 6.61 Å². The fourth-order valence-electron chi connectivity index (χ4n) is 2.80. The molecule has 1 atom stereocenters. The van der Waals surface area contributed by atoms with Gasteiger partial charge in [-0.2, -0.15) is 0 Å². The average molecular weight is 349 g/mol. The standard InChI is InChI=1S/C18H36O.C2H6O2.H2O/c1-2-3-4-5-6-7-8-9-10-11-12-13-14-15-16-18-17-19-18;3-1-2-4;/h18H,2-17H2,1H3;3-4H,1-2H2;1H2. The Morgan fingerprint density at radius 3 is 1.29 bits per heavy atom. The van der Waals surface area contributed by atoms with Gasteiger partial charge in [0.2, 0.25) is 0 Å². The Balaban J connectivity index is 0. The van der Waals surface area contributed by atoms with Gasteiger partial charge in [0.05, 0.1) is 25.9 Å². The predicted octanol–water partition coefficient (Wildman–Crippen LogP) is 4.40. The van der Waals surface area contributed by atoms with Crippen LogP contribution in [0.5, 0.6) is 0 Å². The second kappa shape index (κ2) is 22.8. The maximum absolute atomic E-state index is 7.62. The highest BCUT2D eigenvalue weighted by atomic mass is 16.6. The van der Waals surface area contributed by atoms with E-state index in [1.54, 1.807) is 0 Å². The van der Waals surface area contributed by atoms with Crippen LogP contribution in [-0.4, -0.2) is 41.6 Å². The van der Waals surface area contributed by atoms with E-state index in [9.17, 15) is 0 Å². The van der Waals surface area contributed by atoms with Crippen LogP contribution < -0.4 is 0 Å². The number of epoxide rings is 1. The quantitative estimate of drug-likeness (QED) is 0.320. The molecule has 0 aliphatic carbocycles. The highest BCUT2D eigenvalue weighted by molar-refractivity contribution is 4.68. The Morgan fingerprint density at radius 1 is 0.667 bits per heavy atom. The number of hydrogen-bond acceptors (Lipinski definition) is 3. The Hall–Kier alpha value is -0.160. The Morgan fingerprint density at radius 2 is 1.00 bits per heavy atom. The summed E-state index contributed by atoms with van der Waals surface area (Å²) in [6.07, 6.45) is 22.3. The van der Waals surface area contributed by atoms with Gasteiger partial charge in [0.15, 0.2) is 0 Å². The molecule has 0 spiro atoms. The lowest BCUT2D eigenvalue weighted by Crippen LogP contribution is -1.86. The highest BCUT2D eigenvalue weighted by Crippen LogP contribution is 2.18. The van der Waals surface area contributed by atoms with E-state index in [2.05, 4.69) is 6.92 Å². The van der Waals surface area contributed by atoms with Crippen LogP contribution in [-0.2, 0) is 4.74 Å². The topological polar surface area (TPSA) is 84.5 Å². The van der Waals surface area contributed by atoms with Crippen LogP contribution >= 0.6 is 0 Å². The first-order chi connectivity index (χ1) is 11.3. The molecule has 1 fully saturated rings. The first kappa shape index (κ1) is 26.1. The molecule has 0 aromatic rings. The van der Waals surface area contributed by atoms with Crippen molar-refractivity contribution in [1.29, 1.82) is 0 Å². The van der Waals surface area contributed by atoms with Gasteiger partial charge in [-0.25, -0.2) is 0 Å². The minimum atomic E-state index is -0.125. The van der Waals surface area contributed by atoms with Crippen LogP contribution in [0.1, 0.15) is 103 Å². The van der Waals surface area contributed by atoms with E-state index in [-0.39, 0.29) is 18.7 Å². The number of hydrogen-bond donors (Lipinski definition) is 2. The third-order valence-electron chi connectivity index (χ3n) is 4.38. The van der Waals surface area contributed by atoms with Crippen LogP contribution in [0.2, 0.25) is 0 Å². The summed E-state index contributed by atoms with van der Waals surface area (Å²) in [4.78, 5) is 0. The molecule has 0 aromatic heterocycles. The molecule has 0 amide bonds. The molecular weight excluding hydrogens is 304 g/mol. The first-order valence-corrected chi connectivity index (χ1v) is 10.2. The average Bonchev–Trinajstić information content (AvgIpc) is 3.40. The summed E-state index contributed by atoms with van der Waals surface area (Å²) in [6.45, 7) is 3.08. The maximum Gasteiger partial charge on any atom is 0.0810 e. The number of aliphatic hydroxyl groups is 2. The highest BCUT2D eigenvalue weighted by Gasteiger charge is 2.20. The summed E-state index contributed by atoms with van der Waals surface area (Å²) in [6, 6.07) is 0. The Bertz CT molecular complexity index is 206. The molecule has 0 radical (unpaired) electrons. The molecule has 0 bridgehead atoms. The van der Waals surface area contributed by atoms with Crippen molar-refractivity contribution in [2.75, 3.05) is 19.8 Å². The first-order valence-electron chi connectivity index (χ1n) is 10.2. The van der Waals surface area contributed by atoms with E-state index in [4.69, 9.17) is 14.9 Å². The fourth-order valence-corrected chi connectivity index (χ4v) is 2.80. The number of aliphatic hydroxyl groups excluding tert-OH is 2. The van der Waals surface area contributed by atoms with Crippen molar-refractivity contribution < 1.29 is 20.4 Å². The summed E-state index contributed by atoms with van der Waals surface area (Å²) in [5.41, 5.74) is 0. The Kier molecular flexibility index (Phi) is 24.8. The fraction of sp³-hybridized carbons (Fsp3) is 1.00. The monoisotopic (exact) mass is 348 g/mol. The van der Waals surface area contributed by atoms with Gasteiger partial charge < -0.3 is 20.4 Å². The van der Waals surface area contributed by atoms with Crippen LogP contribution in [0.4, 0.5) is 0 Å². The summed E-state index contributed by atoms with van der Waals surface area (Å²) in [7, 11) is 0. The zero-order valence-electron chi connectivity index (χ0n) is 16.1. The Labute approximate surface area is 150 Å². The second-order valence-corrected chi connectivity index (χ2v) is 6.79. The number of ether oxygens (including phenoxy) is 1. The molecule has 24 heavy (non-hydrogen) atoms. The summed E-state index contributed by atoms with van der Waals surface area (Å²) < 4.78 is 5.22. The molecule has 1 aliphatic rings. The minimum absolute atomic E-state index is 0. The molecule has 1 aliphatic heterocycles. The van der Waals surface area contributed by atoms with Gasteiger partial charge in [0, 0.05) is 0 Å². The SMILES string of the molecule is CCCCCCCCCCCCCCCCC1CO1.O.OCCO. The van der Waals surface area contributed by atoms with Crippen molar-refractivity contribution in [3.05, 3.63) is 0 Å². The van der Waals surface area contributed by atoms with Gasteiger partial charge in [-0.3, -0.25) is 0 Å². The lowest BCUT2D eigenvalue weighted by Gasteiger charge is -2.03. The van der Waals surface area contributed by atoms with Crippen molar-refractivity contribution in [2.24, 2.45) is 0 Å². The molecule has 1 rings (SSSR count). The summed E-state index contributed by atoms with van der Waals surface area (Å²) >= 11 is 0. The molecule has 4 heteroatoms. The zero-order chi connectivity index (χ0) is 17.0. The van der Waals surface area contributed by atoms with E-state index >= 15 is 0 Å². The van der Waals surface area contributed by atoms with Crippen molar-refractivity contribution in [3.8, 4) is 0 Å². The van der Waals surface area contributed by atoms with Crippen LogP contribution in [0.25, 0.3) is 0 Å². The van der Waals surface area contributed by atoms with E-state index < -0.39 is 0 Å². The minimum Gasteiger partial charge on any atom is -0.412 e. The molecule has 1 unspecified atom stereocenters. The molecule has 1 saturated heterocycles. The summed E-state index contributed by atoms with van der Waals surface area (Å²) in [5.74, 6) is 0. The molecule has 148 valence electrons. The normalized spacial score (nSPS) is 15.4. The van der Waals surface area contributed by atoms with Gasteiger partial charge >= 0.3 is 0 Å². The number of unbranched alkanes of at least 4 members (excludes halogenated alkanes) is 13. The summed E-state index contributed by atoms with van der Waals surface area (Å²) in [5, 5.41) is 15.2. The molecule has 0 saturated carbocycles. The van der Waals surface area contributed by atoms with E-state index in [0.29, 0.717) is 6.10 Å². The molecule has 0 aromatic carbocycles. The largest absolute Gasteiger partial charge is 0.412 e. The third kappa shape index (κ3) is 24.1. The molecule has 4 N–H and O–H groups in total. The third-order valence-corrected chi connectivity index (χ3v) is 4.38. The van der Waals surface area contributed by atoms with Gasteiger partial charge in [-0.1, -0.05) is 96.8 Å². The van der Waals surface area contributed by atoms with Gasteiger partial charge in [0.25, 0.3) is 0 Å². The van der Waals surface area contributed by atoms with Gasteiger partial charge in [-0.05, 0) is 6.42 Å². The molecular formula is C20H44O4. The van der Waals surface area contributed by atoms with Crippen molar-refractivity contribution in [1.82, 2.24) is 0 Å². The van der Waals surface area contributed by atoms with E-state index in [1.165, 1.54) is 96.3 Å². The van der Waals surface area contributed by atoms with E-state index in [1.807, 2.05) is 0 Å². The number of rotatable bonds is 16. The van der Waals surface area contributed by atoms with Crippen molar-refractivity contribution >= 4 is 0 Å². The van der Waals surface area contributed by atoms with Crippen molar-refractivity contribution in [3.63, 3.8) is 0 Å². The second-order valence-electron chi connectivity index (χ2n) is 6.79. The maximum atomic E-state index is 7.62. The smallest absolute Gasteiger partial charge is 0.0810 e. The van der Waals surface area contributed by atoms with Gasteiger partial charge in [0.1, 0.15) is 0 Å². The predicted molar refractivity (Wildman–Crippen MR) is 102 cm³/mol. The van der Waals surface area contributed by atoms with Crippen LogP contribution in [0.3, 0.4) is 0 Å². The lowest BCUT2D eigenvalue weighted by atomic mass is 10.0. The lowest BCUT2D eigenvalue weighted by molar-refractivity contribution is 0.186. The van der Waals surface area contributed by atoms with Gasteiger partial charge in [-0.15, -0.1) is 0 Å². The van der Waals surface area contributed by atoms with Crippen LogP contribution in [0, 0.1) is 0 Å². The molecule has 4 nitrogen and oxygen atoms in total. The molecule has 1 heterocycles. The zero-order valence-corrected chi connectivity index (χ0v) is 16.1. The van der Waals surface area contributed by atoms with Crippen molar-refractivity contribution in [2.45, 2.75) is 109 Å². The van der Waals surface area contributed by atoms with Crippen LogP contribution in [0.15, 0.2) is 0 Å².